The lowest BCUT2D eigenvalue weighted by Crippen LogP contribution is -2.11. The molecule has 0 aliphatic rings. The molecule has 0 aromatic heterocycles. The highest BCUT2D eigenvalue weighted by atomic mass is 16.6. The van der Waals surface area contributed by atoms with E-state index < -0.39 is 5.97 Å². The zero-order valence-electron chi connectivity index (χ0n) is 11.4. The van der Waals surface area contributed by atoms with Gasteiger partial charge < -0.3 is 14.6 Å². The van der Waals surface area contributed by atoms with Crippen LogP contribution in [0.5, 0.6) is 5.75 Å². The van der Waals surface area contributed by atoms with Crippen molar-refractivity contribution in [2.45, 2.75) is 26.7 Å². The van der Waals surface area contributed by atoms with Crippen LogP contribution in [0.15, 0.2) is 30.0 Å². The average molecular weight is 264 g/mol. The van der Waals surface area contributed by atoms with E-state index in [0.29, 0.717) is 13.2 Å². The van der Waals surface area contributed by atoms with Gasteiger partial charge in [-0.1, -0.05) is 25.5 Å². The fourth-order valence-corrected chi connectivity index (χ4v) is 1.41. The molecule has 4 heteroatoms. The molecule has 0 saturated heterocycles. The first-order valence-electron chi connectivity index (χ1n) is 6.48. The van der Waals surface area contributed by atoms with Crippen LogP contribution in [0.3, 0.4) is 0 Å². The molecular weight excluding hydrogens is 244 g/mol. The van der Waals surface area contributed by atoms with Crippen molar-refractivity contribution in [3.05, 3.63) is 35.6 Å². The Balaban J connectivity index is 2.81. The van der Waals surface area contributed by atoms with Crippen LogP contribution in [0.1, 0.15) is 32.3 Å². The highest BCUT2D eigenvalue weighted by molar-refractivity contribution is 5.91. The van der Waals surface area contributed by atoms with Crippen molar-refractivity contribution in [2.24, 2.45) is 0 Å². The van der Waals surface area contributed by atoms with Gasteiger partial charge in [0.15, 0.2) is 0 Å². The summed E-state index contributed by atoms with van der Waals surface area (Å²) in [6.07, 6.45) is 3.49. The van der Waals surface area contributed by atoms with Gasteiger partial charge in [0.1, 0.15) is 5.75 Å². The van der Waals surface area contributed by atoms with E-state index in [9.17, 15) is 9.90 Å². The zero-order chi connectivity index (χ0) is 14.1. The Kier molecular flexibility index (Phi) is 6.50. The number of benzene rings is 1. The SMILES string of the molecule is CCCCOC(=Cc1ccc(O)cc1)C(=O)OCC. The maximum Gasteiger partial charge on any atom is 0.373 e. The van der Waals surface area contributed by atoms with Crippen LogP contribution in [0.4, 0.5) is 0 Å². The number of hydrogen-bond donors (Lipinski definition) is 1. The minimum Gasteiger partial charge on any atom is -0.508 e. The van der Waals surface area contributed by atoms with Crippen LogP contribution in [-0.4, -0.2) is 24.3 Å². The van der Waals surface area contributed by atoms with Crippen molar-refractivity contribution in [3.8, 4) is 5.75 Å². The van der Waals surface area contributed by atoms with Crippen LogP contribution in [-0.2, 0) is 14.3 Å². The molecule has 0 bridgehead atoms. The Morgan fingerprint density at radius 3 is 2.47 bits per heavy atom. The van der Waals surface area contributed by atoms with E-state index in [1.807, 2.05) is 0 Å². The van der Waals surface area contributed by atoms with E-state index in [1.54, 1.807) is 37.3 Å². The molecule has 104 valence electrons. The van der Waals surface area contributed by atoms with Crippen LogP contribution in [0.2, 0.25) is 0 Å². The fraction of sp³-hybridized carbons (Fsp3) is 0.400. The topological polar surface area (TPSA) is 55.8 Å². The van der Waals surface area contributed by atoms with E-state index in [-0.39, 0.29) is 11.5 Å². The molecule has 19 heavy (non-hydrogen) atoms. The molecule has 0 radical (unpaired) electrons. The second kappa shape index (κ2) is 8.19. The number of rotatable bonds is 7. The third-order valence-electron chi connectivity index (χ3n) is 2.42. The molecule has 0 saturated carbocycles. The second-order valence-electron chi connectivity index (χ2n) is 4.02. The van der Waals surface area contributed by atoms with E-state index in [1.165, 1.54) is 0 Å². The Hall–Kier alpha value is -1.97. The van der Waals surface area contributed by atoms with Gasteiger partial charge in [0.2, 0.25) is 5.76 Å². The van der Waals surface area contributed by atoms with Gasteiger partial charge in [-0.25, -0.2) is 4.79 Å². The standard InChI is InChI=1S/C15H20O4/c1-3-5-10-19-14(15(17)18-4-2)11-12-6-8-13(16)9-7-12/h6-9,11,16H,3-5,10H2,1-2H3. The summed E-state index contributed by atoms with van der Waals surface area (Å²) in [5.41, 5.74) is 0.775. The first kappa shape index (κ1) is 15.1. The number of esters is 1. The summed E-state index contributed by atoms with van der Waals surface area (Å²) in [4.78, 5) is 11.7. The van der Waals surface area contributed by atoms with Gasteiger partial charge in [-0.2, -0.15) is 0 Å². The predicted octanol–water partition coefficient (Wildman–Crippen LogP) is 3.11. The molecule has 4 nitrogen and oxygen atoms in total. The number of ether oxygens (including phenoxy) is 2. The number of aromatic hydroxyl groups is 1. The summed E-state index contributed by atoms with van der Waals surface area (Å²) < 4.78 is 10.4. The molecule has 0 spiro atoms. The van der Waals surface area contributed by atoms with Gasteiger partial charge in [0.05, 0.1) is 13.2 Å². The van der Waals surface area contributed by atoms with Gasteiger partial charge in [-0.05, 0) is 37.1 Å². The number of phenols is 1. The smallest absolute Gasteiger partial charge is 0.373 e. The van der Waals surface area contributed by atoms with Crippen molar-refractivity contribution in [2.75, 3.05) is 13.2 Å². The molecule has 0 atom stereocenters. The Labute approximate surface area is 113 Å². The minimum atomic E-state index is -0.466. The molecule has 0 aliphatic carbocycles. The molecule has 1 rings (SSSR count). The van der Waals surface area contributed by atoms with Crippen LogP contribution in [0.25, 0.3) is 6.08 Å². The number of carbonyl (C=O) groups is 1. The van der Waals surface area contributed by atoms with Crippen LogP contribution >= 0.6 is 0 Å². The number of phenolic OH excluding ortho intramolecular Hbond substituents is 1. The molecule has 0 heterocycles. The predicted molar refractivity (Wildman–Crippen MR) is 73.6 cm³/mol. The largest absolute Gasteiger partial charge is 0.508 e. The Bertz CT molecular complexity index is 420. The summed E-state index contributed by atoms with van der Waals surface area (Å²) in [7, 11) is 0. The lowest BCUT2D eigenvalue weighted by Gasteiger charge is -2.09. The van der Waals surface area contributed by atoms with Gasteiger partial charge in [0.25, 0.3) is 0 Å². The molecule has 0 fully saturated rings. The summed E-state index contributed by atoms with van der Waals surface area (Å²) >= 11 is 0. The average Bonchev–Trinajstić information content (AvgIpc) is 2.40. The quantitative estimate of drug-likeness (QED) is 0.356. The van der Waals surface area contributed by atoms with Crippen molar-refractivity contribution in [1.29, 1.82) is 0 Å². The van der Waals surface area contributed by atoms with Gasteiger partial charge in [-0.15, -0.1) is 0 Å². The molecule has 1 N–H and O–H groups in total. The lowest BCUT2D eigenvalue weighted by atomic mass is 10.2. The van der Waals surface area contributed by atoms with Crippen LogP contribution < -0.4 is 0 Å². The summed E-state index contributed by atoms with van der Waals surface area (Å²) in [6, 6.07) is 6.52. The van der Waals surface area contributed by atoms with Crippen molar-refractivity contribution < 1.29 is 19.4 Å². The molecule has 0 amide bonds. The minimum absolute atomic E-state index is 0.182. The first-order chi connectivity index (χ1) is 9.17. The maximum atomic E-state index is 11.7. The number of carbonyl (C=O) groups excluding carboxylic acids is 1. The summed E-state index contributed by atoms with van der Waals surface area (Å²) in [5, 5.41) is 9.21. The van der Waals surface area contributed by atoms with E-state index in [2.05, 4.69) is 6.92 Å². The summed E-state index contributed by atoms with van der Waals surface area (Å²) in [5.74, 6) is -0.0885. The molecule has 1 aromatic carbocycles. The van der Waals surface area contributed by atoms with E-state index >= 15 is 0 Å². The lowest BCUT2D eigenvalue weighted by molar-refractivity contribution is -0.142. The monoisotopic (exact) mass is 264 g/mol. The Morgan fingerprint density at radius 2 is 1.89 bits per heavy atom. The van der Waals surface area contributed by atoms with Crippen molar-refractivity contribution in [1.82, 2.24) is 0 Å². The maximum absolute atomic E-state index is 11.7. The molecular formula is C15H20O4. The number of hydrogen-bond acceptors (Lipinski definition) is 4. The zero-order valence-corrected chi connectivity index (χ0v) is 11.4. The van der Waals surface area contributed by atoms with Gasteiger partial charge in [0, 0.05) is 0 Å². The molecule has 0 aliphatic heterocycles. The third-order valence-corrected chi connectivity index (χ3v) is 2.42. The van der Waals surface area contributed by atoms with E-state index in [0.717, 1.165) is 18.4 Å². The van der Waals surface area contributed by atoms with Crippen LogP contribution in [0, 0.1) is 0 Å². The second-order valence-corrected chi connectivity index (χ2v) is 4.02. The molecule has 1 aromatic rings. The van der Waals surface area contributed by atoms with Crippen molar-refractivity contribution >= 4 is 12.0 Å². The normalized spacial score (nSPS) is 11.2. The molecule has 0 unspecified atom stereocenters. The van der Waals surface area contributed by atoms with Gasteiger partial charge >= 0.3 is 5.97 Å². The van der Waals surface area contributed by atoms with Crippen molar-refractivity contribution in [3.63, 3.8) is 0 Å². The summed E-state index contributed by atoms with van der Waals surface area (Å²) in [6.45, 7) is 4.60. The Morgan fingerprint density at radius 1 is 1.21 bits per heavy atom. The highest BCUT2D eigenvalue weighted by Gasteiger charge is 2.12. The van der Waals surface area contributed by atoms with Gasteiger partial charge in [-0.3, -0.25) is 0 Å². The first-order valence-corrected chi connectivity index (χ1v) is 6.48. The highest BCUT2D eigenvalue weighted by Crippen LogP contribution is 2.14. The number of unbranched alkanes of at least 4 members (excludes halogenated alkanes) is 1. The van der Waals surface area contributed by atoms with E-state index in [4.69, 9.17) is 9.47 Å². The third kappa shape index (κ3) is 5.46. The fourth-order valence-electron chi connectivity index (χ4n) is 1.41.